The Hall–Kier alpha value is -1.38. The molecule has 0 aliphatic carbocycles. The Morgan fingerprint density at radius 1 is 1.42 bits per heavy atom. The Balaban J connectivity index is 2.53. The van der Waals surface area contributed by atoms with Crippen molar-refractivity contribution in [2.24, 2.45) is 5.73 Å². The molecule has 0 aliphatic heterocycles. The van der Waals surface area contributed by atoms with Crippen molar-refractivity contribution in [1.82, 2.24) is 0 Å². The van der Waals surface area contributed by atoms with Gasteiger partial charge in [0.1, 0.15) is 5.82 Å². The van der Waals surface area contributed by atoms with Gasteiger partial charge in [-0.25, -0.2) is 4.39 Å². The number of rotatable bonds is 3. The molecule has 1 amide bonds. The van der Waals surface area contributed by atoms with E-state index in [1.807, 2.05) is 0 Å². The van der Waals surface area contributed by atoms with Gasteiger partial charge in [-0.2, -0.15) is 0 Å². The molecule has 0 heterocycles. The first-order valence-corrected chi connectivity index (χ1v) is 3.55. The van der Waals surface area contributed by atoms with Crippen LogP contribution in [0.1, 0.15) is 12.0 Å². The Morgan fingerprint density at radius 2 is 2.00 bits per heavy atom. The predicted molar refractivity (Wildman–Crippen MR) is 43.6 cm³/mol. The van der Waals surface area contributed by atoms with Crippen LogP contribution in [0.5, 0.6) is 0 Å². The summed E-state index contributed by atoms with van der Waals surface area (Å²) >= 11 is 0. The number of amides is 1. The molecule has 0 aromatic heterocycles. The highest BCUT2D eigenvalue weighted by molar-refractivity contribution is 5.75. The van der Waals surface area contributed by atoms with Crippen molar-refractivity contribution in [2.45, 2.75) is 6.42 Å². The van der Waals surface area contributed by atoms with Crippen LogP contribution in [-0.4, -0.2) is 5.91 Å². The maximum atomic E-state index is 12.4. The van der Waals surface area contributed by atoms with Gasteiger partial charge in [0.15, 0.2) is 0 Å². The molecule has 3 heteroatoms. The molecule has 63 valence electrons. The molecule has 0 atom stereocenters. The maximum absolute atomic E-state index is 12.4. The van der Waals surface area contributed by atoms with Crippen molar-refractivity contribution in [1.29, 1.82) is 0 Å². The average molecular weight is 166 g/mol. The van der Waals surface area contributed by atoms with Crippen molar-refractivity contribution in [2.75, 3.05) is 0 Å². The quantitative estimate of drug-likeness (QED) is 0.721. The van der Waals surface area contributed by atoms with Crippen LogP contribution in [0.4, 0.5) is 4.39 Å². The van der Waals surface area contributed by atoms with Gasteiger partial charge in [-0.05, 0) is 24.1 Å². The van der Waals surface area contributed by atoms with E-state index in [9.17, 15) is 9.18 Å². The fourth-order valence-electron chi connectivity index (χ4n) is 0.817. The van der Waals surface area contributed by atoms with Gasteiger partial charge in [0.05, 0.1) is 0 Å². The zero-order chi connectivity index (χ0) is 8.97. The van der Waals surface area contributed by atoms with Gasteiger partial charge in [-0.1, -0.05) is 12.1 Å². The number of carbonyl (C=O) groups excluding carboxylic acids is 1. The summed E-state index contributed by atoms with van der Waals surface area (Å²) in [7, 11) is 0. The minimum absolute atomic E-state index is 0.186. The van der Waals surface area contributed by atoms with Crippen LogP contribution in [0.3, 0.4) is 0 Å². The lowest BCUT2D eigenvalue weighted by Gasteiger charge is -1.96. The van der Waals surface area contributed by atoms with Gasteiger partial charge in [0.25, 0.3) is 0 Å². The van der Waals surface area contributed by atoms with E-state index in [4.69, 9.17) is 5.73 Å². The first-order valence-electron chi connectivity index (χ1n) is 3.55. The van der Waals surface area contributed by atoms with Gasteiger partial charge in [0.2, 0.25) is 5.91 Å². The molecule has 1 aromatic rings. The smallest absolute Gasteiger partial charge is 0.218 e. The number of carbonyl (C=O) groups is 1. The van der Waals surface area contributed by atoms with Gasteiger partial charge in [-0.15, -0.1) is 0 Å². The zero-order valence-corrected chi connectivity index (χ0v) is 6.46. The molecule has 12 heavy (non-hydrogen) atoms. The molecule has 0 unspecified atom stereocenters. The lowest BCUT2D eigenvalue weighted by Crippen LogP contribution is -2.10. The number of nitrogens with two attached hydrogens (primary N) is 1. The molecule has 1 aromatic carbocycles. The lowest BCUT2D eigenvalue weighted by molar-refractivity contribution is -0.117. The Labute approximate surface area is 70.2 Å². The summed E-state index contributed by atoms with van der Waals surface area (Å²) in [6.45, 7) is 0. The fourth-order valence-corrected chi connectivity index (χ4v) is 0.817. The topological polar surface area (TPSA) is 43.1 Å². The molecule has 1 rings (SSSR count). The van der Waals surface area contributed by atoms with Crippen LogP contribution in [-0.2, 0) is 4.79 Å². The summed E-state index contributed by atoms with van der Waals surface area (Å²) in [4.78, 5) is 10.4. The molecular formula is C9H9FNO. The minimum Gasteiger partial charge on any atom is -0.370 e. The van der Waals surface area contributed by atoms with E-state index in [1.165, 1.54) is 12.1 Å². The standard InChI is InChI=1S/C9H9FNO/c10-8-4-1-7(2-5-8)3-6-9(11)12/h1-5H,6H2,(H2,11,12). The summed E-state index contributed by atoms with van der Waals surface area (Å²) in [6.07, 6.45) is 1.84. The van der Waals surface area contributed by atoms with Gasteiger partial charge in [0, 0.05) is 6.42 Å². The Morgan fingerprint density at radius 3 is 2.50 bits per heavy atom. The SMILES string of the molecule is NC(=O)C[CH]c1ccc(F)cc1. The molecule has 0 saturated heterocycles. The fraction of sp³-hybridized carbons (Fsp3) is 0.111. The summed E-state index contributed by atoms with van der Waals surface area (Å²) in [5, 5.41) is 0. The molecule has 0 aliphatic rings. The Kier molecular flexibility index (Phi) is 2.80. The van der Waals surface area contributed by atoms with E-state index >= 15 is 0 Å². The van der Waals surface area contributed by atoms with Crippen molar-refractivity contribution >= 4 is 5.91 Å². The van der Waals surface area contributed by atoms with E-state index in [1.54, 1.807) is 18.6 Å². The van der Waals surface area contributed by atoms with Crippen molar-refractivity contribution in [3.8, 4) is 0 Å². The van der Waals surface area contributed by atoms with Crippen LogP contribution in [0.15, 0.2) is 24.3 Å². The summed E-state index contributed by atoms with van der Waals surface area (Å²) in [5.74, 6) is -0.675. The van der Waals surface area contributed by atoms with Crippen molar-refractivity contribution in [3.63, 3.8) is 0 Å². The molecule has 2 N–H and O–H groups in total. The highest BCUT2D eigenvalue weighted by Gasteiger charge is 1.97. The first kappa shape index (κ1) is 8.71. The normalized spacial score (nSPS) is 9.75. The molecule has 0 saturated carbocycles. The predicted octanol–water partition coefficient (Wildman–Crippen LogP) is 1.25. The van der Waals surface area contributed by atoms with Crippen LogP contribution in [0.2, 0.25) is 0 Å². The third-order valence-corrected chi connectivity index (χ3v) is 1.41. The summed E-state index contributed by atoms with van der Waals surface area (Å²) in [5.41, 5.74) is 5.73. The Bertz CT molecular complexity index is 268. The third kappa shape index (κ3) is 2.70. The van der Waals surface area contributed by atoms with Crippen molar-refractivity contribution < 1.29 is 9.18 Å². The molecule has 0 fully saturated rings. The van der Waals surface area contributed by atoms with Crippen LogP contribution in [0.25, 0.3) is 0 Å². The molecule has 1 radical (unpaired) electrons. The monoisotopic (exact) mass is 166 g/mol. The first-order chi connectivity index (χ1) is 5.68. The number of hydrogen-bond donors (Lipinski definition) is 1. The molecule has 2 nitrogen and oxygen atoms in total. The summed E-state index contributed by atoms with van der Waals surface area (Å²) < 4.78 is 12.4. The average Bonchev–Trinajstić information content (AvgIpc) is 2.03. The number of primary amides is 1. The van der Waals surface area contributed by atoms with E-state index < -0.39 is 0 Å². The van der Waals surface area contributed by atoms with Crippen LogP contribution >= 0.6 is 0 Å². The second-order valence-electron chi connectivity index (χ2n) is 2.43. The highest BCUT2D eigenvalue weighted by atomic mass is 19.1. The minimum atomic E-state index is -0.390. The second kappa shape index (κ2) is 3.85. The van der Waals surface area contributed by atoms with Crippen LogP contribution in [0, 0.1) is 12.2 Å². The van der Waals surface area contributed by atoms with Gasteiger partial charge >= 0.3 is 0 Å². The van der Waals surface area contributed by atoms with E-state index in [-0.39, 0.29) is 18.1 Å². The van der Waals surface area contributed by atoms with Crippen molar-refractivity contribution in [3.05, 3.63) is 42.1 Å². The van der Waals surface area contributed by atoms with E-state index in [0.717, 1.165) is 5.56 Å². The molecule has 0 spiro atoms. The zero-order valence-electron chi connectivity index (χ0n) is 6.46. The van der Waals surface area contributed by atoms with Gasteiger partial charge in [-0.3, -0.25) is 4.79 Å². The van der Waals surface area contributed by atoms with Crippen LogP contribution < -0.4 is 5.73 Å². The summed E-state index contributed by atoms with van der Waals surface area (Å²) in [6, 6.07) is 5.87. The second-order valence-corrected chi connectivity index (χ2v) is 2.43. The lowest BCUT2D eigenvalue weighted by atomic mass is 10.1. The van der Waals surface area contributed by atoms with E-state index in [2.05, 4.69) is 0 Å². The van der Waals surface area contributed by atoms with E-state index in [0.29, 0.717) is 0 Å². The van der Waals surface area contributed by atoms with Gasteiger partial charge < -0.3 is 5.73 Å². The molecular weight excluding hydrogens is 157 g/mol. The third-order valence-electron chi connectivity index (χ3n) is 1.41. The highest BCUT2D eigenvalue weighted by Crippen LogP contribution is 2.06. The number of benzene rings is 1. The maximum Gasteiger partial charge on any atom is 0.218 e. The number of hydrogen-bond acceptors (Lipinski definition) is 1. The molecule has 0 bridgehead atoms. The largest absolute Gasteiger partial charge is 0.370 e. The number of halogens is 1.